The van der Waals surface area contributed by atoms with Crippen LogP contribution in [0.4, 0.5) is 0 Å². The van der Waals surface area contributed by atoms with Crippen molar-refractivity contribution in [3.63, 3.8) is 0 Å². The van der Waals surface area contributed by atoms with Crippen molar-refractivity contribution in [1.82, 2.24) is 15.2 Å². The molecule has 0 saturated heterocycles. The van der Waals surface area contributed by atoms with Gasteiger partial charge in [-0.3, -0.25) is 5.10 Å². The summed E-state index contributed by atoms with van der Waals surface area (Å²) in [5, 5.41) is 7.94. The van der Waals surface area contributed by atoms with Crippen LogP contribution < -0.4 is 4.74 Å². The number of nitrogens with one attached hydrogen (secondary N) is 1. The lowest BCUT2D eigenvalue weighted by atomic mass is 10.2. The van der Waals surface area contributed by atoms with E-state index in [1.807, 2.05) is 48.5 Å². The zero-order valence-corrected chi connectivity index (χ0v) is 15.0. The molecule has 0 fully saturated rings. The summed E-state index contributed by atoms with van der Waals surface area (Å²) in [6, 6.07) is 16.0. The summed E-state index contributed by atoms with van der Waals surface area (Å²) < 4.78 is 6.69. The lowest BCUT2D eigenvalue weighted by Gasteiger charge is -2.04. The number of hydrogen-bond acceptors (Lipinski definition) is 4. The predicted octanol–water partition coefficient (Wildman–Crippen LogP) is 4.71. The summed E-state index contributed by atoms with van der Waals surface area (Å²) in [5.74, 6) is 2.45. The highest BCUT2D eigenvalue weighted by Crippen LogP contribution is 2.26. The number of thioether (sulfide) groups is 1. The number of hydrogen-bond donors (Lipinski definition) is 1. The number of aromatic nitrogens is 3. The van der Waals surface area contributed by atoms with E-state index in [0.29, 0.717) is 6.61 Å². The van der Waals surface area contributed by atoms with Gasteiger partial charge >= 0.3 is 0 Å². The Balaban J connectivity index is 1.52. The molecule has 0 radical (unpaired) electrons. The van der Waals surface area contributed by atoms with Gasteiger partial charge < -0.3 is 4.74 Å². The number of aromatic amines is 1. The van der Waals surface area contributed by atoms with E-state index in [2.05, 4.69) is 38.0 Å². The molecule has 0 spiro atoms. The Morgan fingerprint density at radius 1 is 1.13 bits per heavy atom. The molecule has 1 aromatic heterocycles. The van der Waals surface area contributed by atoms with E-state index in [-0.39, 0.29) is 0 Å². The van der Waals surface area contributed by atoms with Crippen molar-refractivity contribution in [2.24, 2.45) is 0 Å². The molecule has 118 valence electrons. The summed E-state index contributed by atoms with van der Waals surface area (Å²) in [6.07, 6.45) is 0. The molecule has 3 rings (SSSR count). The molecule has 4 nitrogen and oxygen atoms in total. The third kappa shape index (κ3) is 4.36. The molecule has 0 aliphatic heterocycles. The maximum Gasteiger partial charge on any atom is 0.208 e. The molecule has 0 bridgehead atoms. The van der Waals surface area contributed by atoms with Gasteiger partial charge in [0.25, 0.3) is 0 Å². The summed E-state index contributed by atoms with van der Waals surface area (Å²) >= 11 is 5.09. The van der Waals surface area contributed by atoms with Gasteiger partial charge in [-0.1, -0.05) is 63.6 Å². The van der Waals surface area contributed by atoms with Gasteiger partial charge in [-0.2, -0.15) is 0 Å². The number of aryl methyl sites for hydroxylation is 1. The molecular formula is C17H16BrN3OS. The standard InChI is InChI=1S/C17H16BrN3OS/c1-12-6-8-13(9-7-12)22-10-11-23-17-19-16(20-21-17)14-4-2-3-5-15(14)18/h2-9H,10-11H2,1H3,(H,19,20,21). The Hall–Kier alpha value is -1.79. The van der Waals surface area contributed by atoms with E-state index in [1.165, 1.54) is 5.56 Å². The van der Waals surface area contributed by atoms with Crippen molar-refractivity contribution in [1.29, 1.82) is 0 Å². The Bertz CT molecular complexity index is 774. The highest BCUT2D eigenvalue weighted by atomic mass is 79.9. The molecule has 1 heterocycles. The summed E-state index contributed by atoms with van der Waals surface area (Å²) in [5.41, 5.74) is 2.23. The van der Waals surface area contributed by atoms with E-state index in [0.717, 1.165) is 32.5 Å². The van der Waals surface area contributed by atoms with Crippen molar-refractivity contribution in [3.8, 4) is 17.1 Å². The van der Waals surface area contributed by atoms with Crippen molar-refractivity contribution >= 4 is 27.7 Å². The monoisotopic (exact) mass is 389 g/mol. The highest BCUT2D eigenvalue weighted by molar-refractivity contribution is 9.10. The maximum absolute atomic E-state index is 5.70. The van der Waals surface area contributed by atoms with Crippen LogP contribution in [0.1, 0.15) is 5.56 Å². The van der Waals surface area contributed by atoms with Gasteiger partial charge in [-0.25, -0.2) is 4.98 Å². The molecule has 3 aromatic rings. The minimum Gasteiger partial charge on any atom is -0.493 e. The van der Waals surface area contributed by atoms with E-state index >= 15 is 0 Å². The highest BCUT2D eigenvalue weighted by Gasteiger charge is 2.08. The molecule has 23 heavy (non-hydrogen) atoms. The first-order valence-corrected chi connectivity index (χ1v) is 9.00. The average molecular weight is 390 g/mol. The number of rotatable bonds is 6. The van der Waals surface area contributed by atoms with Gasteiger partial charge in [0.1, 0.15) is 5.75 Å². The quantitative estimate of drug-likeness (QED) is 0.489. The number of ether oxygens (including phenoxy) is 1. The topological polar surface area (TPSA) is 50.8 Å². The first-order valence-electron chi connectivity index (χ1n) is 7.22. The van der Waals surface area contributed by atoms with E-state index < -0.39 is 0 Å². The Morgan fingerprint density at radius 3 is 2.70 bits per heavy atom. The zero-order chi connectivity index (χ0) is 16.1. The third-order valence-corrected chi connectivity index (χ3v) is 4.70. The summed E-state index contributed by atoms with van der Waals surface area (Å²) in [6.45, 7) is 2.68. The Morgan fingerprint density at radius 2 is 1.91 bits per heavy atom. The summed E-state index contributed by atoms with van der Waals surface area (Å²) in [7, 11) is 0. The predicted molar refractivity (Wildman–Crippen MR) is 96.9 cm³/mol. The molecule has 2 aromatic carbocycles. The first-order chi connectivity index (χ1) is 11.2. The number of nitrogens with zero attached hydrogens (tertiary/aromatic N) is 2. The molecule has 0 aliphatic rings. The first kappa shape index (κ1) is 16.1. The fourth-order valence-electron chi connectivity index (χ4n) is 2.01. The molecule has 0 amide bonds. The zero-order valence-electron chi connectivity index (χ0n) is 12.6. The smallest absolute Gasteiger partial charge is 0.208 e. The molecule has 1 N–H and O–H groups in total. The minimum absolute atomic E-state index is 0.618. The van der Waals surface area contributed by atoms with Gasteiger partial charge in [0, 0.05) is 15.8 Å². The fourth-order valence-corrected chi connectivity index (χ4v) is 3.10. The van der Waals surface area contributed by atoms with Crippen LogP contribution in [0.25, 0.3) is 11.4 Å². The van der Waals surface area contributed by atoms with E-state index in [9.17, 15) is 0 Å². The summed E-state index contributed by atoms with van der Waals surface area (Å²) in [4.78, 5) is 4.51. The van der Waals surface area contributed by atoms with Crippen LogP contribution >= 0.6 is 27.7 Å². The normalized spacial score (nSPS) is 10.7. The second-order valence-electron chi connectivity index (χ2n) is 4.96. The molecular weight excluding hydrogens is 374 g/mol. The minimum atomic E-state index is 0.618. The number of H-pyrrole nitrogens is 1. The van der Waals surface area contributed by atoms with Crippen LogP contribution in [0.2, 0.25) is 0 Å². The van der Waals surface area contributed by atoms with Crippen LogP contribution in [-0.4, -0.2) is 27.5 Å². The van der Waals surface area contributed by atoms with Gasteiger partial charge in [0.2, 0.25) is 5.16 Å². The molecule has 0 saturated carbocycles. The van der Waals surface area contributed by atoms with Crippen molar-refractivity contribution in [2.75, 3.05) is 12.4 Å². The Labute approximate surface area is 147 Å². The van der Waals surface area contributed by atoms with Crippen LogP contribution in [0.15, 0.2) is 58.2 Å². The lowest BCUT2D eigenvalue weighted by Crippen LogP contribution is -2.00. The molecule has 0 aliphatic carbocycles. The van der Waals surface area contributed by atoms with E-state index in [4.69, 9.17) is 4.74 Å². The van der Waals surface area contributed by atoms with Crippen LogP contribution in [0, 0.1) is 6.92 Å². The molecule has 0 atom stereocenters. The van der Waals surface area contributed by atoms with Crippen LogP contribution in [-0.2, 0) is 0 Å². The number of benzene rings is 2. The van der Waals surface area contributed by atoms with Gasteiger partial charge in [-0.05, 0) is 25.1 Å². The lowest BCUT2D eigenvalue weighted by molar-refractivity contribution is 0.344. The second-order valence-corrected chi connectivity index (χ2v) is 6.87. The van der Waals surface area contributed by atoms with Gasteiger partial charge in [-0.15, -0.1) is 5.10 Å². The van der Waals surface area contributed by atoms with Gasteiger partial charge in [0.15, 0.2) is 5.82 Å². The maximum atomic E-state index is 5.70. The second kappa shape index (κ2) is 7.66. The van der Waals surface area contributed by atoms with Crippen LogP contribution in [0.3, 0.4) is 0 Å². The van der Waals surface area contributed by atoms with Crippen molar-refractivity contribution in [3.05, 3.63) is 58.6 Å². The average Bonchev–Trinajstić information content (AvgIpc) is 3.02. The SMILES string of the molecule is Cc1ccc(OCCSc2n[nH]c(-c3ccccc3Br)n2)cc1. The van der Waals surface area contributed by atoms with Crippen molar-refractivity contribution in [2.45, 2.75) is 12.1 Å². The van der Waals surface area contributed by atoms with Crippen molar-refractivity contribution < 1.29 is 4.74 Å². The van der Waals surface area contributed by atoms with Crippen LogP contribution in [0.5, 0.6) is 5.75 Å². The fraction of sp³-hybridized carbons (Fsp3) is 0.176. The third-order valence-electron chi connectivity index (χ3n) is 3.20. The molecule has 6 heteroatoms. The Kier molecular flexibility index (Phi) is 5.35. The van der Waals surface area contributed by atoms with E-state index in [1.54, 1.807) is 11.8 Å². The number of halogens is 1. The largest absolute Gasteiger partial charge is 0.493 e. The van der Waals surface area contributed by atoms with Gasteiger partial charge in [0.05, 0.1) is 6.61 Å². The molecule has 0 unspecified atom stereocenters.